The zero-order chi connectivity index (χ0) is 28.5. The third-order valence-corrected chi connectivity index (χ3v) is 6.78. The number of amides is 4. The summed E-state index contributed by atoms with van der Waals surface area (Å²) in [7, 11) is 1.61. The second-order valence-electron chi connectivity index (χ2n) is 10.1. The third-order valence-electron chi connectivity index (χ3n) is 6.78. The summed E-state index contributed by atoms with van der Waals surface area (Å²) in [6.45, 7) is 6.64. The quantitative estimate of drug-likeness (QED) is 0.409. The summed E-state index contributed by atoms with van der Waals surface area (Å²) in [6.07, 6.45) is 0. The van der Waals surface area contributed by atoms with Gasteiger partial charge in [0.25, 0.3) is 0 Å². The predicted octanol–water partition coefficient (Wildman–Crippen LogP) is 4.67. The first-order valence-electron chi connectivity index (χ1n) is 13.5. The average Bonchev–Trinajstić information content (AvgIpc) is 2.97. The lowest BCUT2D eigenvalue weighted by atomic mass is 10.1. The average molecular weight is 544 g/mol. The van der Waals surface area contributed by atoms with E-state index in [0.29, 0.717) is 38.4 Å². The Morgan fingerprint density at radius 2 is 1.43 bits per heavy atom. The van der Waals surface area contributed by atoms with E-state index in [1.54, 1.807) is 16.9 Å². The molecule has 0 aromatic heterocycles. The number of piperazine rings is 1. The molecule has 9 heteroatoms. The first-order valence-corrected chi connectivity index (χ1v) is 13.5. The molecule has 1 saturated heterocycles. The molecule has 4 rings (SSSR count). The van der Waals surface area contributed by atoms with Crippen molar-refractivity contribution in [2.24, 2.45) is 5.92 Å². The minimum Gasteiger partial charge on any atom is -0.497 e. The molecule has 3 aromatic carbocycles. The van der Waals surface area contributed by atoms with Crippen LogP contribution in [0, 0.1) is 5.92 Å². The van der Waals surface area contributed by atoms with Crippen LogP contribution in [0.4, 0.5) is 21.9 Å². The van der Waals surface area contributed by atoms with Crippen LogP contribution in [0.3, 0.4) is 0 Å². The summed E-state index contributed by atoms with van der Waals surface area (Å²) in [5, 5.41) is 5.85. The van der Waals surface area contributed by atoms with Crippen molar-refractivity contribution in [3.63, 3.8) is 0 Å². The molecule has 0 unspecified atom stereocenters. The normalized spacial score (nSPS) is 13.1. The van der Waals surface area contributed by atoms with E-state index in [1.807, 2.05) is 92.7 Å². The van der Waals surface area contributed by atoms with E-state index < -0.39 is 0 Å². The highest BCUT2D eigenvalue weighted by Crippen LogP contribution is 2.21. The second kappa shape index (κ2) is 13.5. The predicted molar refractivity (Wildman–Crippen MR) is 158 cm³/mol. The summed E-state index contributed by atoms with van der Waals surface area (Å²) in [5.74, 6) is 0.230. The maximum absolute atomic E-state index is 12.8. The van der Waals surface area contributed by atoms with Gasteiger partial charge in [-0.05, 0) is 54.1 Å². The Bertz CT molecular complexity index is 1270. The number of carbonyl (C=O) groups excluding carboxylic acids is 3. The third kappa shape index (κ3) is 7.75. The van der Waals surface area contributed by atoms with Crippen LogP contribution >= 0.6 is 0 Å². The number of nitrogens with one attached hydrogen (secondary N) is 2. The summed E-state index contributed by atoms with van der Waals surface area (Å²) in [4.78, 5) is 43.8. The SMILES string of the molecule is COc1ccc(NC(=O)N2CCN(c3ccc(NC(=O)CN(Cc4ccccc4)C(=O)C(C)C)cc3)CC2)cc1. The van der Waals surface area contributed by atoms with Crippen LogP contribution in [0.15, 0.2) is 78.9 Å². The topological polar surface area (TPSA) is 94.2 Å². The molecule has 1 fully saturated rings. The smallest absolute Gasteiger partial charge is 0.321 e. The lowest BCUT2D eigenvalue weighted by Crippen LogP contribution is -2.50. The number of nitrogens with zero attached hydrogens (tertiary/aromatic N) is 3. The molecule has 0 saturated carbocycles. The Balaban J connectivity index is 1.27. The Morgan fingerprint density at radius 3 is 2.02 bits per heavy atom. The monoisotopic (exact) mass is 543 g/mol. The van der Waals surface area contributed by atoms with E-state index in [-0.39, 0.29) is 30.3 Å². The summed E-state index contributed by atoms with van der Waals surface area (Å²) >= 11 is 0. The number of hydrogen-bond donors (Lipinski definition) is 2. The number of rotatable bonds is 9. The van der Waals surface area contributed by atoms with Gasteiger partial charge in [0, 0.05) is 55.7 Å². The van der Waals surface area contributed by atoms with Crippen molar-refractivity contribution in [2.75, 3.05) is 55.4 Å². The number of carbonyl (C=O) groups is 3. The summed E-state index contributed by atoms with van der Waals surface area (Å²) < 4.78 is 5.16. The van der Waals surface area contributed by atoms with Crippen molar-refractivity contribution in [3.05, 3.63) is 84.4 Å². The van der Waals surface area contributed by atoms with Gasteiger partial charge in [0.1, 0.15) is 12.3 Å². The van der Waals surface area contributed by atoms with E-state index >= 15 is 0 Å². The summed E-state index contributed by atoms with van der Waals surface area (Å²) in [5.41, 5.74) is 3.39. The van der Waals surface area contributed by atoms with Gasteiger partial charge in [-0.15, -0.1) is 0 Å². The lowest BCUT2D eigenvalue weighted by molar-refractivity contribution is -0.138. The van der Waals surface area contributed by atoms with E-state index in [2.05, 4.69) is 15.5 Å². The van der Waals surface area contributed by atoms with E-state index in [9.17, 15) is 14.4 Å². The molecule has 210 valence electrons. The van der Waals surface area contributed by atoms with Crippen LogP contribution in [0.2, 0.25) is 0 Å². The minimum absolute atomic E-state index is 0.0196. The molecule has 2 N–H and O–H groups in total. The van der Waals surface area contributed by atoms with Gasteiger partial charge in [-0.2, -0.15) is 0 Å². The molecule has 1 heterocycles. The first kappa shape index (κ1) is 28.5. The van der Waals surface area contributed by atoms with E-state index in [0.717, 1.165) is 22.7 Å². The molecule has 0 spiro atoms. The van der Waals surface area contributed by atoms with Gasteiger partial charge < -0.3 is 30.1 Å². The molecule has 0 bridgehead atoms. The molecule has 0 radical (unpaired) electrons. The number of anilines is 3. The maximum Gasteiger partial charge on any atom is 0.321 e. The van der Waals surface area contributed by atoms with Crippen molar-refractivity contribution < 1.29 is 19.1 Å². The molecule has 40 heavy (non-hydrogen) atoms. The number of urea groups is 1. The molecular formula is C31H37N5O4. The van der Waals surface area contributed by atoms with Crippen molar-refractivity contribution in [1.29, 1.82) is 0 Å². The molecule has 9 nitrogen and oxygen atoms in total. The molecule has 0 aliphatic carbocycles. The highest BCUT2D eigenvalue weighted by molar-refractivity contribution is 5.95. The highest BCUT2D eigenvalue weighted by Gasteiger charge is 2.22. The molecule has 4 amide bonds. The van der Waals surface area contributed by atoms with Crippen molar-refractivity contribution in [2.45, 2.75) is 20.4 Å². The molecule has 3 aromatic rings. The van der Waals surface area contributed by atoms with Crippen molar-refractivity contribution >= 4 is 34.9 Å². The molecule has 0 atom stereocenters. The fourth-order valence-corrected chi connectivity index (χ4v) is 4.55. The van der Waals surface area contributed by atoms with Gasteiger partial charge in [0.2, 0.25) is 11.8 Å². The first-order chi connectivity index (χ1) is 19.3. The van der Waals surface area contributed by atoms with E-state index in [1.165, 1.54) is 0 Å². The van der Waals surface area contributed by atoms with Crippen LogP contribution < -0.4 is 20.3 Å². The Kier molecular flexibility index (Phi) is 9.62. The number of ether oxygens (including phenoxy) is 1. The van der Waals surface area contributed by atoms with Crippen LogP contribution in [0.1, 0.15) is 19.4 Å². The Hall–Kier alpha value is -4.53. The van der Waals surface area contributed by atoms with Gasteiger partial charge in [0.15, 0.2) is 0 Å². The Labute approximate surface area is 235 Å². The highest BCUT2D eigenvalue weighted by atomic mass is 16.5. The van der Waals surface area contributed by atoms with Crippen LogP contribution in [0.25, 0.3) is 0 Å². The zero-order valence-electron chi connectivity index (χ0n) is 23.3. The fraction of sp³-hybridized carbons (Fsp3) is 0.323. The van der Waals surface area contributed by atoms with Crippen molar-refractivity contribution in [1.82, 2.24) is 9.80 Å². The number of methoxy groups -OCH3 is 1. The van der Waals surface area contributed by atoms with Crippen LogP contribution in [0.5, 0.6) is 5.75 Å². The van der Waals surface area contributed by atoms with E-state index in [4.69, 9.17) is 4.74 Å². The van der Waals surface area contributed by atoms with Crippen LogP contribution in [-0.2, 0) is 16.1 Å². The van der Waals surface area contributed by atoms with Gasteiger partial charge in [-0.25, -0.2) is 4.79 Å². The fourth-order valence-electron chi connectivity index (χ4n) is 4.55. The lowest BCUT2D eigenvalue weighted by Gasteiger charge is -2.36. The summed E-state index contributed by atoms with van der Waals surface area (Å²) in [6, 6.07) is 24.4. The molecular weight excluding hydrogens is 506 g/mol. The van der Waals surface area contributed by atoms with Gasteiger partial charge in [0.05, 0.1) is 7.11 Å². The Morgan fingerprint density at radius 1 is 0.825 bits per heavy atom. The number of hydrogen-bond acceptors (Lipinski definition) is 5. The van der Waals surface area contributed by atoms with Gasteiger partial charge in [-0.1, -0.05) is 44.2 Å². The molecule has 1 aliphatic rings. The number of benzene rings is 3. The largest absolute Gasteiger partial charge is 0.497 e. The van der Waals surface area contributed by atoms with Gasteiger partial charge >= 0.3 is 6.03 Å². The van der Waals surface area contributed by atoms with Crippen molar-refractivity contribution in [3.8, 4) is 5.75 Å². The standard InChI is InChI=1S/C31H37N5O4/c1-23(2)30(38)36(21-24-7-5-4-6-8-24)22-29(37)32-25-9-13-27(14-10-25)34-17-19-35(20-18-34)31(39)33-26-11-15-28(40-3)16-12-26/h4-16,23H,17-22H2,1-3H3,(H,32,37)(H,33,39). The molecule has 1 aliphatic heterocycles. The van der Waals surface area contributed by atoms with Gasteiger partial charge in [-0.3, -0.25) is 9.59 Å². The van der Waals surface area contributed by atoms with Crippen LogP contribution in [-0.4, -0.2) is 67.5 Å². The second-order valence-corrected chi connectivity index (χ2v) is 10.1. The minimum atomic E-state index is -0.242. The maximum atomic E-state index is 12.8. The zero-order valence-corrected chi connectivity index (χ0v) is 23.3.